The van der Waals surface area contributed by atoms with Gasteiger partial charge in [0.25, 0.3) is 0 Å². The van der Waals surface area contributed by atoms with Gasteiger partial charge in [-0.25, -0.2) is 0 Å². The van der Waals surface area contributed by atoms with Crippen molar-refractivity contribution in [1.82, 2.24) is 9.78 Å². The second kappa shape index (κ2) is 5.35. The van der Waals surface area contributed by atoms with E-state index in [0.717, 1.165) is 17.1 Å². The Kier molecular flexibility index (Phi) is 3.62. The van der Waals surface area contributed by atoms with Gasteiger partial charge in [-0.2, -0.15) is 5.10 Å². The summed E-state index contributed by atoms with van der Waals surface area (Å²) in [6.07, 6.45) is 1.85. The van der Waals surface area contributed by atoms with Crippen molar-refractivity contribution in [3.8, 4) is 0 Å². The van der Waals surface area contributed by atoms with Crippen LogP contribution in [0, 0.1) is 6.92 Å². The summed E-state index contributed by atoms with van der Waals surface area (Å²) < 4.78 is 1.72. The summed E-state index contributed by atoms with van der Waals surface area (Å²) in [5, 5.41) is 10.1. The van der Waals surface area contributed by atoms with E-state index in [-0.39, 0.29) is 12.5 Å². The standard InChI is InChI=1S/C13H16N4O/c1-10-12(9-17(2)16-10)14-8-13(18)15-11-6-4-3-5-7-11/h3-7,9,14H,8H2,1-2H3,(H,15,18). The lowest BCUT2D eigenvalue weighted by atomic mass is 10.3. The molecule has 0 saturated carbocycles. The first-order chi connectivity index (χ1) is 8.65. The number of anilines is 2. The molecule has 1 aromatic carbocycles. The Labute approximate surface area is 106 Å². The largest absolute Gasteiger partial charge is 0.373 e. The van der Waals surface area contributed by atoms with Crippen molar-refractivity contribution >= 4 is 17.3 Å². The number of carbonyl (C=O) groups excluding carboxylic acids is 1. The summed E-state index contributed by atoms with van der Waals surface area (Å²) in [6.45, 7) is 2.12. The van der Waals surface area contributed by atoms with Gasteiger partial charge in [-0.1, -0.05) is 18.2 Å². The van der Waals surface area contributed by atoms with Gasteiger partial charge in [0.1, 0.15) is 0 Å². The molecule has 0 saturated heterocycles. The number of benzene rings is 1. The second-order valence-corrected chi connectivity index (χ2v) is 4.07. The number of carbonyl (C=O) groups is 1. The molecule has 0 unspecified atom stereocenters. The van der Waals surface area contributed by atoms with Crippen LogP contribution in [0.3, 0.4) is 0 Å². The Bertz CT molecular complexity index is 533. The van der Waals surface area contributed by atoms with Gasteiger partial charge in [-0.05, 0) is 19.1 Å². The Morgan fingerprint density at radius 3 is 2.67 bits per heavy atom. The van der Waals surface area contributed by atoms with Crippen LogP contribution in [0.2, 0.25) is 0 Å². The van der Waals surface area contributed by atoms with Crippen molar-refractivity contribution in [1.29, 1.82) is 0 Å². The highest BCUT2D eigenvalue weighted by Gasteiger charge is 2.05. The molecule has 94 valence electrons. The molecule has 1 heterocycles. The van der Waals surface area contributed by atoms with Crippen molar-refractivity contribution < 1.29 is 4.79 Å². The predicted molar refractivity (Wildman–Crippen MR) is 71.5 cm³/mol. The maximum Gasteiger partial charge on any atom is 0.243 e. The van der Waals surface area contributed by atoms with Gasteiger partial charge in [-0.3, -0.25) is 9.48 Å². The molecule has 0 bridgehead atoms. The Balaban J connectivity index is 1.87. The molecule has 5 heteroatoms. The van der Waals surface area contributed by atoms with Gasteiger partial charge in [-0.15, -0.1) is 0 Å². The van der Waals surface area contributed by atoms with Crippen molar-refractivity contribution in [2.45, 2.75) is 6.92 Å². The van der Waals surface area contributed by atoms with Gasteiger partial charge < -0.3 is 10.6 Å². The number of aromatic nitrogens is 2. The van der Waals surface area contributed by atoms with Crippen LogP contribution < -0.4 is 10.6 Å². The highest BCUT2D eigenvalue weighted by atomic mass is 16.1. The zero-order valence-electron chi connectivity index (χ0n) is 10.5. The smallest absolute Gasteiger partial charge is 0.243 e. The molecule has 0 aliphatic heterocycles. The lowest BCUT2D eigenvalue weighted by Crippen LogP contribution is -2.21. The van der Waals surface area contributed by atoms with Crippen molar-refractivity contribution in [2.75, 3.05) is 17.2 Å². The number of nitrogens with zero attached hydrogens (tertiary/aromatic N) is 2. The normalized spacial score (nSPS) is 10.1. The topological polar surface area (TPSA) is 59.0 Å². The van der Waals surface area contributed by atoms with E-state index in [0.29, 0.717) is 0 Å². The van der Waals surface area contributed by atoms with Crippen LogP contribution in [-0.2, 0) is 11.8 Å². The molecule has 2 aromatic rings. The van der Waals surface area contributed by atoms with E-state index in [4.69, 9.17) is 0 Å². The van der Waals surface area contributed by atoms with E-state index >= 15 is 0 Å². The van der Waals surface area contributed by atoms with Crippen molar-refractivity contribution in [2.24, 2.45) is 7.05 Å². The SMILES string of the molecule is Cc1nn(C)cc1NCC(=O)Nc1ccccc1. The second-order valence-electron chi connectivity index (χ2n) is 4.07. The van der Waals surface area contributed by atoms with Crippen LogP contribution in [0.5, 0.6) is 0 Å². The van der Waals surface area contributed by atoms with E-state index < -0.39 is 0 Å². The molecule has 0 fully saturated rings. The molecule has 1 amide bonds. The van der Waals surface area contributed by atoms with Gasteiger partial charge >= 0.3 is 0 Å². The van der Waals surface area contributed by atoms with Crippen LogP contribution >= 0.6 is 0 Å². The van der Waals surface area contributed by atoms with Gasteiger partial charge in [0.05, 0.1) is 17.9 Å². The lowest BCUT2D eigenvalue weighted by molar-refractivity contribution is -0.114. The van der Waals surface area contributed by atoms with Gasteiger partial charge in [0.15, 0.2) is 0 Å². The molecular weight excluding hydrogens is 228 g/mol. The zero-order valence-corrected chi connectivity index (χ0v) is 10.5. The Morgan fingerprint density at radius 1 is 1.33 bits per heavy atom. The third-order valence-electron chi connectivity index (χ3n) is 2.51. The molecule has 2 rings (SSSR count). The zero-order chi connectivity index (χ0) is 13.0. The Morgan fingerprint density at radius 2 is 2.06 bits per heavy atom. The fraction of sp³-hybridized carbons (Fsp3) is 0.231. The number of amides is 1. The van der Waals surface area contributed by atoms with Crippen LogP contribution in [0.25, 0.3) is 0 Å². The molecule has 2 N–H and O–H groups in total. The number of nitrogens with one attached hydrogen (secondary N) is 2. The van der Waals surface area contributed by atoms with E-state index in [1.807, 2.05) is 50.5 Å². The third-order valence-corrected chi connectivity index (χ3v) is 2.51. The predicted octanol–water partition coefficient (Wildman–Crippen LogP) is 1.78. The molecular formula is C13H16N4O. The molecule has 0 radical (unpaired) electrons. The number of hydrogen-bond donors (Lipinski definition) is 2. The van der Waals surface area contributed by atoms with Crippen molar-refractivity contribution in [3.05, 3.63) is 42.2 Å². The number of aryl methyl sites for hydroxylation is 2. The summed E-state index contributed by atoms with van der Waals surface area (Å²) in [6, 6.07) is 9.38. The minimum Gasteiger partial charge on any atom is -0.373 e. The first-order valence-corrected chi connectivity index (χ1v) is 5.74. The maximum atomic E-state index is 11.7. The summed E-state index contributed by atoms with van der Waals surface area (Å²) >= 11 is 0. The molecule has 1 aromatic heterocycles. The molecule has 0 spiro atoms. The minimum absolute atomic E-state index is 0.0792. The molecule has 0 aliphatic rings. The first kappa shape index (κ1) is 12.2. The lowest BCUT2D eigenvalue weighted by Gasteiger charge is -2.06. The fourth-order valence-corrected chi connectivity index (χ4v) is 1.68. The van der Waals surface area contributed by atoms with Crippen LogP contribution in [0.4, 0.5) is 11.4 Å². The Hall–Kier alpha value is -2.30. The molecule has 5 nitrogen and oxygen atoms in total. The summed E-state index contributed by atoms with van der Waals surface area (Å²) in [4.78, 5) is 11.7. The highest BCUT2D eigenvalue weighted by Crippen LogP contribution is 2.11. The average Bonchev–Trinajstić information content (AvgIpc) is 2.66. The maximum absolute atomic E-state index is 11.7. The summed E-state index contributed by atoms with van der Waals surface area (Å²) in [5.41, 5.74) is 2.55. The van der Waals surface area contributed by atoms with Gasteiger partial charge in [0.2, 0.25) is 5.91 Å². The minimum atomic E-state index is -0.0792. The number of hydrogen-bond acceptors (Lipinski definition) is 3. The van der Waals surface area contributed by atoms with E-state index in [1.54, 1.807) is 4.68 Å². The quantitative estimate of drug-likeness (QED) is 0.862. The number of para-hydroxylation sites is 1. The monoisotopic (exact) mass is 244 g/mol. The van der Waals surface area contributed by atoms with Crippen LogP contribution in [0.1, 0.15) is 5.69 Å². The van der Waals surface area contributed by atoms with Crippen LogP contribution in [-0.4, -0.2) is 22.2 Å². The summed E-state index contributed by atoms with van der Waals surface area (Å²) in [7, 11) is 1.85. The van der Waals surface area contributed by atoms with Crippen molar-refractivity contribution in [3.63, 3.8) is 0 Å². The first-order valence-electron chi connectivity index (χ1n) is 5.74. The molecule has 18 heavy (non-hydrogen) atoms. The average molecular weight is 244 g/mol. The molecule has 0 atom stereocenters. The fourth-order valence-electron chi connectivity index (χ4n) is 1.68. The summed E-state index contributed by atoms with van der Waals surface area (Å²) in [5.74, 6) is -0.0792. The molecule has 0 aliphatic carbocycles. The number of rotatable bonds is 4. The van der Waals surface area contributed by atoms with E-state index in [9.17, 15) is 4.79 Å². The van der Waals surface area contributed by atoms with Gasteiger partial charge in [0, 0.05) is 18.9 Å². The van der Waals surface area contributed by atoms with E-state index in [2.05, 4.69) is 15.7 Å². The van der Waals surface area contributed by atoms with E-state index in [1.165, 1.54) is 0 Å². The highest BCUT2D eigenvalue weighted by molar-refractivity contribution is 5.93. The van der Waals surface area contributed by atoms with Crippen LogP contribution in [0.15, 0.2) is 36.5 Å². The third kappa shape index (κ3) is 3.10.